The van der Waals surface area contributed by atoms with Crippen molar-refractivity contribution in [3.8, 4) is 22.6 Å². The number of aryl methyl sites for hydroxylation is 1. The van der Waals surface area contributed by atoms with E-state index < -0.39 is 12.3 Å². The van der Waals surface area contributed by atoms with Gasteiger partial charge < -0.3 is 14.6 Å². The molecule has 0 radical (unpaired) electrons. The minimum absolute atomic E-state index is 0.176. The Bertz CT molecular complexity index is 1140. The van der Waals surface area contributed by atoms with Gasteiger partial charge in [-0.15, -0.1) is 13.2 Å². The summed E-state index contributed by atoms with van der Waals surface area (Å²) in [6, 6.07) is 16.0. The number of alkyl halides is 3. The summed E-state index contributed by atoms with van der Waals surface area (Å²) in [7, 11) is 0. The molecule has 1 N–H and O–H groups in total. The molecule has 0 heterocycles. The Balaban J connectivity index is 1.86. The summed E-state index contributed by atoms with van der Waals surface area (Å²) in [5.74, 6) is -1.03. The molecule has 3 aromatic carbocycles. The van der Waals surface area contributed by atoms with Crippen LogP contribution in [0.25, 0.3) is 17.2 Å². The van der Waals surface area contributed by atoms with Crippen LogP contribution in [0.15, 0.2) is 66.7 Å². The van der Waals surface area contributed by atoms with Crippen LogP contribution in [-0.2, 0) is 11.4 Å². The van der Waals surface area contributed by atoms with Gasteiger partial charge in [-0.25, -0.2) is 4.79 Å². The Morgan fingerprint density at radius 2 is 1.72 bits per heavy atom. The van der Waals surface area contributed by atoms with E-state index in [1.54, 1.807) is 18.2 Å². The third-order valence-electron chi connectivity index (χ3n) is 4.43. The molecule has 0 aliphatic heterocycles. The molecule has 3 rings (SSSR count). The SMILES string of the molecule is Cc1ccc(COc2ccc(-c3ccc(OC(F)(F)F)cc3)cc2/C=C/C(=O)O)c(Cl)c1. The summed E-state index contributed by atoms with van der Waals surface area (Å²) in [6.45, 7) is 2.10. The molecule has 166 valence electrons. The molecule has 32 heavy (non-hydrogen) atoms. The number of rotatable bonds is 7. The topological polar surface area (TPSA) is 55.8 Å². The zero-order valence-corrected chi connectivity index (χ0v) is 17.6. The summed E-state index contributed by atoms with van der Waals surface area (Å²) in [5, 5.41) is 9.56. The van der Waals surface area contributed by atoms with E-state index in [2.05, 4.69) is 4.74 Å². The smallest absolute Gasteiger partial charge is 0.488 e. The Kier molecular flexibility index (Phi) is 7.10. The number of benzene rings is 3. The molecule has 4 nitrogen and oxygen atoms in total. The van der Waals surface area contributed by atoms with Crippen molar-refractivity contribution in [2.75, 3.05) is 0 Å². The second kappa shape index (κ2) is 9.78. The van der Waals surface area contributed by atoms with Gasteiger partial charge in [-0.1, -0.05) is 41.9 Å². The van der Waals surface area contributed by atoms with E-state index in [0.29, 0.717) is 27.5 Å². The summed E-state index contributed by atoms with van der Waals surface area (Å²) >= 11 is 6.24. The van der Waals surface area contributed by atoms with Gasteiger partial charge in [0.05, 0.1) is 0 Å². The maximum absolute atomic E-state index is 12.4. The number of hydrogen-bond donors (Lipinski definition) is 1. The number of carboxylic acid groups (broad SMARTS) is 1. The van der Waals surface area contributed by atoms with Crippen LogP contribution in [0.4, 0.5) is 13.2 Å². The first kappa shape index (κ1) is 23.2. The van der Waals surface area contributed by atoms with Crippen molar-refractivity contribution in [3.05, 3.63) is 88.5 Å². The predicted octanol–water partition coefficient (Wildman–Crippen LogP) is 6.89. The lowest BCUT2D eigenvalue weighted by atomic mass is 10.0. The van der Waals surface area contributed by atoms with Gasteiger partial charge >= 0.3 is 12.3 Å². The van der Waals surface area contributed by atoms with Crippen LogP contribution < -0.4 is 9.47 Å². The molecule has 0 aliphatic carbocycles. The fourth-order valence-electron chi connectivity index (χ4n) is 2.92. The van der Waals surface area contributed by atoms with Crippen molar-refractivity contribution in [2.45, 2.75) is 19.9 Å². The van der Waals surface area contributed by atoms with Gasteiger partial charge in [-0.05, 0) is 60.0 Å². The fraction of sp³-hybridized carbons (Fsp3) is 0.125. The van der Waals surface area contributed by atoms with Crippen molar-refractivity contribution in [3.63, 3.8) is 0 Å². The second-order valence-corrected chi connectivity index (χ2v) is 7.29. The molecule has 0 aromatic heterocycles. The molecule has 0 saturated carbocycles. The highest BCUT2D eigenvalue weighted by Crippen LogP contribution is 2.31. The van der Waals surface area contributed by atoms with Gasteiger partial charge in [-0.2, -0.15) is 0 Å². The second-order valence-electron chi connectivity index (χ2n) is 6.88. The molecule has 0 atom stereocenters. The minimum atomic E-state index is -4.77. The normalized spacial score (nSPS) is 11.5. The average Bonchev–Trinajstić information content (AvgIpc) is 2.71. The summed E-state index contributed by atoms with van der Waals surface area (Å²) < 4.78 is 46.8. The molecule has 8 heteroatoms. The lowest BCUT2D eigenvalue weighted by molar-refractivity contribution is -0.274. The quantitative estimate of drug-likeness (QED) is 0.388. The van der Waals surface area contributed by atoms with Crippen molar-refractivity contribution < 1.29 is 32.5 Å². The number of ether oxygens (including phenoxy) is 2. The monoisotopic (exact) mass is 462 g/mol. The first-order valence-corrected chi connectivity index (χ1v) is 9.77. The minimum Gasteiger partial charge on any atom is -0.488 e. The van der Waals surface area contributed by atoms with Crippen LogP contribution in [0.5, 0.6) is 11.5 Å². The first-order chi connectivity index (χ1) is 15.1. The number of carbonyl (C=O) groups is 1. The molecule has 0 fully saturated rings. The third-order valence-corrected chi connectivity index (χ3v) is 4.78. The van der Waals surface area contributed by atoms with Gasteiger partial charge in [0.2, 0.25) is 0 Å². The highest BCUT2D eigenvalue weighted by Gasteiger charge is 2.30. The van der Waals surface area contributed by atoms with Gasteiger partial charge in [0.15, 0.2) is 0 Å². The van der Waals surface area contributed by atoms with Crippen molar-refractivity contribution >= 4 is 23.6 Å². The molecular formula is C24H18ClF3O4. The summed E-state index contributed by atoms with van der Waals surface area (Å²) in [4.78, 5) is 11.0. The van der Waals surface area contributed by atoms with Gasteiger partial charge in [0.1, 0.15) is 18.1 Å². The Labute approximate surface area is 187 Å². The number of halogens is 4. The van der Waals surface area contributed by atoms with Crippen molar-refractivity contribution in [2.24, 2.45) is 0 Å². The standard InChI is InChI=1S/C24H18ClF3O4/c1-15-2-3-19(21(25)12-15)14-31-22-10-6-17(13-18(22)7-11-23(29)30)16-4-8-20(9-5-16)32-24(26,27)28/h2-13H,14H2,1H3,(H,29,30)/b11-7+. The molecule has 0 unspecified atom stereocenters. The molecule has 0 saturated heterocycles. The van der Waals surface area contributed by atoms with Crippen LogP contribution in [0.3, 0.4) is 0 Å². The summed E-state index contributed by atoms with van der Waals surface area (Å²) in [6.07, 6.45) is -2.40. The molecule has 3 aromatic rings. The molecule has 0 amide bonds. The highest BCUT2D eigenvalue weighted by atomic mass is 35.5. The zero-order chi connectivity index (χ0) is 23.3. The van der Waals surface area contributed by atoms with Crippen molar-refractivity contribution in [1.29, 1.82) is 0 Å². The molecule has 0 aliphatic rings. The van der Waals surface area contributed by atoms with E-state index in [-0.39, 0.29) is 12.4 Å². The number of carboxylic acids is 1. The third kappa shape index (κ3) is 6.52. The van der Waals surface area contributed by atoms with E-state index >= 15 is 0 Å². The van der Waals surface area contributed by atoms with Crippen LogP contribution in [-0.4, -0.2) is 17.4 Å². The lowest BCUT2D eigenvalue weighted by Crippen LogP contribution is -2.16. The van der Waals surface area contributed by atoms with Gasteiger partial charge in [0.25, 0.3) is 0 Å². The maximum atomic E-state index is 12.4. The van der Waals surface area contributed by atoms with Gasteiger partial charge in [0, 0.05) is 22.2 Å². The molecule has 0 spiro atoms. The van der Waals surface area contributed by atoms with Crippen LogP contribution in [0, 0.1) is 6.92 Å². The van der Waals surface area contributed by atoms with Crippen LogP contribution in [0.2, 0.25) is 5.02 Å². The molecular weight excluding hydrogens is 445 g/mol. The van der Waals surface area contributed by atoms with E-state index in [1.165, 1.54) is 30.3 Å². The zero-order valence-electron chi connectivity index (χ0n) is 16.8. The predicted molar refractivity (Wildman–Crippen MR) is 116 cm³/mol. The molecule has 0 bridgehead atoms. The van der Waals surface area contributed by atoms with Crippen LogP contribution in [0.1, 0.15) is 16.7 Å². The summed E-state index contributed by atoms with van der Waals surface area (Å²) in [5.41, 5.74) is 3.56. The van der Waals surface area contributed by atoms with E-state index in [0.717, 1.165) is 17.2 Å². The number of aliphatic carboxylic acids is 1. The van der Waals surface area contributed by atoms with E-state index in [1.807, 2.05) is 25.1 Å². The fourth-order valence-corrected chi connectivity index (χ4v) is 3.21. The Morgan fingerprint density at radius 3 is 2.34 bits per heavy atom. The largest absolute Gasteiger partial charge is 0.573 e. The highest BCUT2D eigenvalue weighted by molar-refractivity contribution is 6.31. The maximum Gasteiger partial charge on any atom is 0.573 e. The Morgan fingerprint density at radius 1 is 1.03 bits per heavy atom. The van der Waals surface area contributed by atoms with E-state index in [9.17, 15) is 18.0 Å². The Hall–Kier alpha value is -3.45. The van der Waals surface area contributed by atoms with Gasteiger partial charge in [-0.3, -0.25) is 0 Å². The number of hydrogen-bond acceptors (Lipinski definition) is 3. The average molecular weight is 463 g/mol. The van der Waals surface area contributed by atoms with Crippen LogP contribution >= 0.6 is 11.6 Å². The lowest BCUT2D eigenvalue weighted by Gasteiger charge is -2.13. The first-order valence-electron chi connectivity index (χ1n) is 9.40. The van der Waals surface area contributed by atoms with Crippen molar-refractivity contribution in [1.82, 2.24) is 0 Å². The van der Waals surface area contributed by atoms with E-state index in [4.69, 9.17) is 21.4 Å².